The van der Waals surface area contributed by atoms with Crippen LogP contribution in [0, 0.1) is 5.82 Å². The van der Waals surface area contributed by atoms with E-state index in [0.717, 1.165) is 23.1 Å². The zero-order valence-corrected chi connectivity index (χ0v) is 16.4. The van der Waals surface area contributed by atoms with E-state index in [-0.39, 0.29) is 17.7 Å². The molecule has 0 radical (unpaired) electrons. The summed E-state index contributed by atoms with van der Waals surface area (Å²) in [6, 6.07) is 21.4. The molecule has 0 fully saturated rings. The maximum Gasteiger partial charge on any atom is 0.416 e. The predicted molar refractivity (Wildman–Crippen MR) is 108 cm³/mol. The summed E-state index contributed by atoms with van der Waals surface area (Å²) in [5, 5.41) is 0. The molecule has 0 aromatic heterocycles. The third-order valence-electron chi connectivity index (χ3n) is 4.03. The number of hydrogen-bond donors (Lipinski definition) is 1. The van der Waals surface area contributed by atoms with Crippen molar-refractivity contribution in [3.05, 3.63) is 107 Å². The Morgan fingerprint density at radius 2 is 1.42 bits per heavy atom. The molecule has 0 saturated heterocycles. The third-order valence-corrected chi connectivity index (χ3v) is 4.03. The highest BCUT2D eigenvalue weighted by Gasteiger charge is 2.30. The minimum absolute atomic E-state index is 0.140. The van der Waals surface area contributed by atoms with Gasteiger partial charge < -0.3 is 10.6 Å². The van der Waals surface area contributed by atoms with Crippen LogP contribution in [0.25, 0.3) is 0 Å². The maximum absolute atomic E-state index is 13.8. The molecule has 0 unspecified atom stereocenters. The molecule has 0 spiro atoms. The van der Waals surface area contributed by atoms with Gasteiger partial charge in [0.25, 0.3) is 5.91 Å². The molecule has 0 aliphatic heterocycles. The number of rotatable bonds is 5. The number of benzene rings is 3. The number of hydrogen-bond acceptors (Lipinski definition) is 2. The van der Waals surface area contributed by atoms with Crippen molar-refractivity contribution in [2.75, 3.05) is 6.54 Å². The molecule has 0 aliphatic rings. The minimum atomic E-state index is -4.54. The molecule has 3 rings (SSSR count). The summed E-state index contributed by atoms with van der Waals surface area (Å²) in [4.78, 5) is 24.5. The van der Waals surface area contributed by atoms with Gasteiger partial charge in [-0.2, -0.15) is 13.2 Å². The van der Waals surface area contributed by atoms with E-state index in [1.165, 1.54) is 30.3 Å². The quantitative estimate of drug-likeness (QED) is 0.596. The van der Waals surface area contributed by atoms with Crippen molar-refractivity contribution in [2.45, 2.75) is 12.7 Å². The SMILES string of the molecule is NC(=O)CN(Cc1cccc(C(F)(F)F)c1)C(=O)c1ccccc1F.c1ccccc1. The van der Waals surface area contributed by atoms with Gasteiger partial charge >= 0.3 is 6.18 Å². The van der Waals surface area contributed by atoms with Gasteiger partial charge in [-0.05, 0) is 29.8 Å². The van der Waals surface area contributed by atoms with Crippen molar-refractivity contribution in [3.8, 4) is 0 Å². The first kappa shape index (κ1) is 23.6. The molecular formula is C23H20F4N2O2. The molecule has 2 N–H and O–H groups in total. The van der Waals surface area contributed by atoms with E-state index in [4.69, 9.17) is 5.73 Å². The van der Waals surface area contributed by atoms with E-state index in [1.54, 1.807) is 0 Å². The number of nitrogens with two attached hydrogens (primary N) is 1. The van der Waals surface area contributed by atoms with Crippen LogP contribution in [-0.4, -0.2) is 23.3 Å². The van der Waals surface area contributed by atoms with Crippen LogP contribution in [0.5, 0.6) is 0 Å². The Labute approximate surface area is 176 Å². The van der Waals surface area contributed by atoms with Crippen molar-refractivity contribution >= 4 is 11.8 Å². The highest BCUT2D eigenvalue weighted by atomic mass is 19.4. The Bertz CT molecular complexity index is 981. The van der Waals surface area contributed by atoms with Crippen LogP contribution in [0.2, 0.25) is 0 Å². The summed E-state index contributed by atoms with van der Waals surface area (Å²) in [6.07, 6.45) is -4.54. The fourth-order valence-electron chi connectivity index (χ4n) is 2.64. The second-order valence-electron chi connectivity index (χ2n) is 6.46. The molecule has 4 nitrogen and oxygen atoms in total. The Kier molecular flexibility index (Phi) is 8.31. The molecule has 8 heteroatoms. The standard InChI is InChI=1S/C17H14F4N2O2.C6H6/c18-14-7-2-1-6-13(14)16(25)23(10-15(22)24)9-11-4-3-5-12(8-11)17(19,20)21;1-2-4-6-5-3-1/h1-8H,9-10H2,(H2,22,24);1-6H. The summed E-state index contributed by atoms with van der Waals surface area (Å²) in [5.41, 5.74) is 4.05. The van der Waals surface area contributed by atoms with Crippen LogP contribution in [0.3, 0.4) is 0 Å². The Morgan fingerprint density at radius 3 is 1.94 bits per heavy atom. The lowest BCUT2D eigenvalue weighted by Crippen LogP contribution is -2.38. The lowest BCUT2D eigenvalue weighted by atomic mass is 10.1. The van der Waals surface area contributed by atoms with Crippen LogP contribution in [0.15, 0.2) is 84.9 Å². The minimum Gasteiger partial charge on any atom is -0.368 e. The number of carbonyl (C=O) groups is 2. The summed E-state index contributed by atoms with van der Waals surface area (Å²) in [7, 11) is 0. The van der Waals surface area contributed by atoms with Gasteiger partial charge in [0.2, 0.25) is 5.91 Å². The van der Waals surface area contributed by atoms with E-state index in [9.17, 15) is 27.2 Å². The van der Waals surface area contributed by atoms with Crippen LogP contribution >= 0.6 is 0 Å². The monoisotopic (exact) mass is 432 g/mol. The smallest absolute Gasteiger partial charge is 0.368 e. The largest absolute Gasteiger partial charge is 0.416 e. The Morgan fingerprint density at radius 1 is 0.839 bits per heavy atom. The summed E-state index contributed by atoms with van der Waals surface area (Å²) in [5.74, 6) is -2.50. The van der Waals surface area contributed by atoms with Crippen molar-refractivity contribution < 1.29 is 27.2 Å². The van der Waals surface area contributed by atoms with Crippen molar-refractivity contribution in [1.29, 1.82) is 0 Å². The Balaban J connectivity index is 0.000000488. The van der Waals surface area contributed by atoms with E-state index < -0.39 is 35.9 Å². The number of amides is 2. The molecule has 0 heterocycles. The third kappa shape index (κ3) is 7.58. The predicted octanol–water partition coefficient (Wildman–Crippen LogP) is 4.66. The van der Waals surface area contributed by atoms with Gasteiger partial charge in [0, 0.05) is 6.54 Å². The summed E-state index contributed by atoms with van der Waals surface area (Å²) in [6.45, 7) is -0.872. The molecule has 162 valence electrons. The van der Waals surface area contributed by atoms with Gasteiger partial charge in [-0.3, -0.25) is 9.59 Å². The first-order valence-electron chi connectivity index (χ1n) is 9.16. The van der Waals surface area contributed by atoms with Gasteiger partial charge in [0.15, 0.2) is 0 Å². The molecule has 0 atom stereocenters. The van der Waals surface area contributed by atoms with Gasteiger partial charge in [-0.1, -0.05) is 60.7 Å². The number of primary amides is 1. The summed E-state index contributed by atoms with van der Waals surface area (Å²) < 4.78 is 52.1. The zero-order valence-electron chi connectivity index (χ0n) is 16.4. The highest BCUT2D eigenvalue weighted by molar-refractivity contribution is 5.96. The Hall–Kier alpha value is -3.68. The normalized spacial score (nSPS) is 10.6. The first-order valence-corrected chi connectivity index (χ1v) is 9.16. The van der Waals surface area contributed by atoms with Gasteiger partial charge in [-0.15, -0.1) is 0 Å². The van der Waals surface area contributed by atoms with Gasteiger partial charge in [0.05, 0.1) is 17.7 Å². The van der Waals surface area contributed by atoms with Crippen LogP contribution in [-0.2, 0) is 17.5 Å². The van der Waals surface area contributed by atoms with Gasteiger partial charge in [-0.25, -0.2) is 4.39 Å². The highest BCUT2D eigenvalue weighted by Crippen LogP contribution is 2.29. The molecule has 31 heavy (non-hydrogen) atoms. The van der Waals surface area contributed by atoms with Crippen molar-refractivity contribution in [1.82, 2.24) is 4.90 Å². The molecule has 0 bridgehead atoms. The van der Waals surface area contributed by atoms with Crippen LogP contribution in [0.1, 0.15) is 21.5 Å². The number of nitrogens with zero attached hydrogens (tertiary/aromatic N) is 1. The lowest BCUT2D eigenvalue weighted by Gasteiger charge is -2.22. The first-order chi connectivity index (χ1) is 14.7. The number of alkyl halides is 3. The van der Waals surface area contributed by atoms with E-state index >= 15 is 0 Å². The average molecular weight is 432 g/mol. The zero-order chi connectivity index (χ0) is 22.9. The maximum atomic E-state index is 13.8. The molecule has 3 aromatic rings. The van der Waals surface area contributed by atoms with Gasteiger partial charge in [0.1, 0.15) is 5.82 Å². The molecule has 0 saturated carbocycles. The lowest BCUT2D eigenvalue weighted by molar-refractivity contribution is -0.137. The number of carbonyl (C=O) groups excluding carboxylic acids is 2. The van der Waals surface area contributed by atoms with Crippen molar-refractivity contribution in [2.24, 2.45) is 5.73 Å². The number of halogens is 4. The second-order valence-corrected chi connectivity index (χ2v) is 6.46. The molecule has 0 aliphatic carbocycles. The molecule has 3 aromatic carbocycles. The summed E-state index contributed by atoms with van der Waals surface area (Å²) >= 11 is 0. The van der Waals surface area contributed by atoms with E-state index in [2.05, 4.69) is 0 Å². The van der Waals surface area contributed by atoms with E-state index in [0.29, 0.717) is 0 Å². The molecule has 2 amide bonds. The van der Waals surface area contributed by atoms with Crippen LogP contribution < -0.4 is 5.73 Å². The fraction of sp³-hybridized carbons (Fsp3) is 0.130. The molecular weight excluding hydrogens is 412 g/mol. The van der Waals surface area contributed by atoms with E-state index in [1.807, 2.05) is 36.4 Å². The van der Waals surface area contributed by atoms with Crippen molar-refractivity contribution in [3.63, 3.8) is 0 Å². The second kappa shape index (κ2) is 10.9. The average Bonchev–Trinajstić information content (AvgIpc) is 2.74. The van der Waals surface area contributed by atoms with Crippen LogP contribution in [0.4, 0.5) is 17.6 Å². The fourth-order valence-corrected chi connectivity index (χ4v) is 2.64. The topological polar surface area (TPSA) is 63.4 Å².